The predicted molar refractivity (Wildman–Crippen MR) is 92.5 cm³/mol. The molecule has 3 N–H and O–H groups in total. The summed E-state index contributed by atoms with van der Waals surface area (Å²) in [4.78, 5) is 22.5. The number of aromatic nitrogens is 2. The van der Waals surface area contributed by atoms with Crippen molar-refractivity contribution in [3.63, 3.8) is 0 Å². The molecule has 7 heteroatoms. The lowest BCUT2D eigenvalue weighted by Gasteiger charge is -2.26. The number of hydrogen-bond donors (Lipinski definition) is 2. The van der Waals surface area contributed by atoms with Crippen molar-refractivity contribution in [2.75, 3.05) is 5.32 Å². The van der Waals surface area contributed by atoms with Gasteiger partial charge in [0.05, 0.1) is 18.0 Å². The molecule has 2 unspecified atom stereocenters. The van der Waals surface area contributed by atoms with Crippen LogP contribution >= 0.6 is 0 Å². The molecule has 1 amide bonds. The number of benzene rings is 1. The summed E-state index contributed by atoms with van der Waals surface area (Å²) in [6.07, 6.45) is 6.13. The van der Waals surface area contributed by atoms with Crippen molar-refractivity contribution in [3.8, 4) is 6.07 Å². The van der Waals surface area contributed by atoms with E-state index in [0.29, 0.717) is 17.1 Å². The minimum absolute atomic E-state index is 0.0511. The summed E-state index contributed by atoms with van der Waals surface area (Å²) in [6, 6.07) is 9.09. The summed E-state index contributed by atoms with van der Waals surface area (Å²) < 4.78 is 1.69. The fourth-order valence-electron chi connectivity index (χ4n) is 3.19. The molecule has 0 saturated heterocycles. The number of aldehydes is 1. The van der Waals surface area contributed by atoms with Gasteiger partial charge in [-0.1, -0.05) is 12.8 Å². The summed E-state index contributed by atoms with van der Waals surface area (Å²) in [5, 5.41) is 16.9. The average molecular weight is 337 g/mol. The zero-order valence-corrected chi connectivity index (χ0v) is 13.7. The van der Waals surface area contributed by atoms with Gasteiger partial charge in [-0.05, 0) is 37.1 Å². The third-order valence-electron chi connectivity index (χ3n) is 4.54. The molecule has 0 radical (unpaired) electrons. The lowest BCUT2D eigenvalue weighted by molar-refractivity contribution is 0.100. The highest BCUT2D eigenvalue weighted by Gasteiger charge is 2.28. The molecule has 1 aliphatic carbocycles. The van der Waals surface area contributed by atoms with Gasteiger partial charge in [0.15, 0.2) is 5.82 Å². The van der Waals surface area contributed by atoms with Crippen LogP contribution in [0.15, 0.2) is 30.5 Å². The zero-order valence-electron chi connectivity index (χ0n) is 13.7. The van der Waals surface area contributed by atoms with Crippen LogP contribution in [0.5, 0.6) is 0 Å². The van der Waals surface area contributed by atoms with E-state index in [-0.39, 0.29) is 17.5 Å². The number of rotatable bonds is 5. The molecule has 2 aromatic rings. The molecule has 2 atom stereocenters. The molecule has 1 fully saturated rings. The second-order valence-electron chi connectivity index (χ2n) is 6.19. The highest BCUT2D eigenvalue weighted by molar-refractivity contribution is 5.98. The average Bonchev–Trinajstić information content (AvgIpc) is 3.06. The standard InChI is InChI=1S/C18H19N5O2/c19-9-13-3-1-2-4-16(13)23-10-15(17(20)25)18(22-23)21-14-7-5-12(11-24)6-8-14/h5-8,10-11,13,16H,1-4H2,(H2,20,25)(H,21,22). The Morgan fingerprint density at radius 3 is 2.68 bits per heavy atom. The number of carbonyl (C=O) groups is 2. The second-order valence-corrected chi connectivity index (χ2v) is 6.19. The molecule has 1 aromatic heterocycles. The monoisotopic (exact) mass is 337 g/mol. The van der Waals surface area contributed by atoms with Crippen LogP contribution in [0.1, 0.15) is 52.4 Å². The van der Waals surface area contributed by atoms with Gasteiger partial charge in [-0.25, -0.2) is 0 Å². The van der Waals surface area contributed by atoms with Crippen molar-refractivity contribution in [1.82, 2.24) is 9.78 Å². The van der Waals surface area contributed by atoms with E-state index >= 15 is 0 Å². The number of nitrogens with one attached hydrogen (secondary N) is 1. The fourth-order valence-corrected chi connectivity index (χ4v) is 3.19. The second kappa shape index (κ2) is 7.18. The van der Waals surface area contributed by atoms with E-state index in [1.165, 1.54) is 0 Å². The quantitative estimate of drug-likeness (QED) is 0.814. The Bertz CT molecular complexity index is 819. The van der Waals surface area contributed by atoms with Crippen LogP contribution in [0, 0.1) is 17.2 Å². The Morgan fingerprint density at radius 1 is 1.32 bits per heavy atom. The number of amides is 1. The van der Waals surface area contributed by atoms with Crippen molar-refractivity contribution in [1.29, 1.82) is 5.26 Å². The zero-order chi connectivity index (χ0) is 17.8. The van der Waals surface area contributed by atoms with Crippen molar-refractivity contribution < 1.29 is 9.59 Å². The van der Waals surface area contributed by atoms with Gasteiger partial charge in [0.2, 0.25) is 0 Å². The molecule has 1 aromatic carbocycles. The summed E-state index contributed by atoms with van der Waals surface area (Å²) in [5.74, 6) is -0.342. The smallest absolute Gasteiger partial charge is 0.254 e. The molecule has 1 heterocycles. The number of hydrogen-bond acceptors (Lipinski definition) is 5. The SMILES string of the molecule is N#CC1CCCCC1n1cc(C(N)=O)c(Nc2ccc(C=O)cc2)n1. The number of nitrogens with zero attached hydrogens (tertiary/aromatic N) is 3. The van der Waals surface area contributed by atoms with E-state index in [9.17, 15) is 14.9 Å². The largest absolute Gasteiger partial charge is 0.365 e. The Morgan fingerprint density at radius 2 is 2.04 bits per heavy atom. The maximum Gasteiger partial charge on any atom is 0.254 e. The molecular formula is C18H19N5O2. The summed E-state index contributed by atoms with van der Waals surface area (Å²) in [6.45, 7) is 0. The number of carbonyl (C=O) groups excluding carboxylic acids is 2. The molecule has 3 rings (SSSR count). The van der Waals surface area contributed by atoms with Crippen LogP contribution in [-0.2, 0) is 0 Å². The minimum Gasteiger partial charge on any atom is -0.365 e. The van der Waals surface area contributed by atoms with E-state index in [0.717, 1.165) is 32.0 Å². The Labute approximate surface area is 145 Å². The number of nitriles is 1. The number of anilines is 2. The fraction of sp³-hybridized carbons (Fsp3) is 0.333. The molecule has 1 saturated carbocycles. The van der Waals surface area contributed by atoms with Crippen LogP contribution in [0.25, 0.3) is 0 Å². The third-order valence-corrected chi connectivity index (χ3v) is 4.54. The Balaban J connectivity index is 1.90. The molecule has 25 heavy (non-hydrogen) atoms. The minimum atomic E-state index is -0.581. The predicted octanol–water partition coefficient (Wildman–Crippen LogP) is 2.79. The third kappa shape index (κ3) is 3.53. The van der Waals surface area contributed by atoms with E-state index in [4.69, 9.17) is 5.73 Å². The van der Waals surface area contributed by atoms with Crippen molar-refractivity contribution in [2.24, 2.45) is 11.7 Å². The van der Waals surface area contributed by atoms with E-state index < -0.39 is 5.91 Å². The maximum atomic E-state index is 11.8. The van der Waals surface area contributed by atoms with E-state index in [1.807, 2.05) is 0 Å². The Hall–Kier alpha value is -3.14. The molecule has 0 aliphatic heterocycles. The van der Waals surface area contributed by atoms with Gasteiger partial charge in [-0.2, -0.15) is 10.4 Å². The summed E-state index contributed by atoms with van der Waals surface area (Å²) >= 11 is 0. The first-order chi connectivity index (χ1) is 12.1. The molecule has 7 nitrogen and oxygen atoms in total. The molecule has 1 aliphatic rings. The van der Waals surface area contributed by atoms with Gasteiger partial charge in [0.1, 0.15) is 11.8 Å². The van der Waals surface area contributed by atoms with Gasteiger partial charge >= 0.3 is 0 Å². The highest BCUT2D eigenvalue weighted by atomic mass is 16.1. The van der Waals surface area contributed by atoms with Crippen LogP contribution < -0.4 is 11.1 Å². The Kier molecular flexibility index (Phi) is 4.80. The van der Waals surface area contributed by atoms with E-state index in [2.05, 4.69) is 16.5 Å². The first-order valence-electron chi connectivity index (χ1n) is 8.23. The van der Waals surface area contributed by atoms with Gasteiger partial charge in [0.25, 0.3) is 5.91 Å². The van der Waals surface area contributed by atoms with Crippen LogP contribution in [0.4, 0.5) is 11.5 Å². The molecule has 128 valence electrons. The normalized spacial score (nSPS) is 19.8. The van der Waals surface area contributed by atoms with E-state index in [1.54, 1.807) is 35.1 Å². The van der Waals surface area contributed by atoms with Crippen molar-refractivity contribution >= 4 is 23.7 Å². The first-order valence-corrected chi connectivity index (χ1v) is 8.23. The van der Waals surface area contributed by atoms with Gasteiger partial charge in [0, 0.05) is 17.4 Å². The molecule has 0 bridgehead atoms. The molecule has 0 spiro atoms. The lowest BCUT2D eigenvalue weighted by Crippen LogP contribution is -2.22. The molecular weight excluding hydrogens is 318 g/mol. The number of nitrogens with two attached hydrogens (primary N) is 1. The van der Waals surface area contributed by atoms with Crippen LogP contribution in [-0.4, -0.2) is 22.0 Å². The van der Waals surface area contributed by atoms with Gasteiger partial charge in [-0.3, -0.25) is 14.3 Å². The van der Waals surface area contributed by atoms with Gasteiger partial charge in [-0.15, -0.1) is 0 Å². The van der Waals surface area contributed by atoms with Crippen molar-refractivity contribution in [3.05, 3.63) is 41.6 Å². The van der Waals surface area contributed by atoms with Crippen LogP contribution in [0.2, 0.25) is 0 Å². The first kappa shape index (κ1) is 16.7. The maximum absolute atomic E-state index is 11.8. The summed E-state index contributed by atoms with van der Waals surface area (Å²) in [5.41, 5.74) is 7.01. The highest BCUT2D eigenvalue weighted by Crippen LogP contribution is 2.34. The summed E-state index contributed by atoms with van der Waals surface area (Å²) in [7, 11) is 0. The van der Waals surface area contributed by atoms with Gasteiger partial charge < -0.3 is 11.1 Å². The number of primary amides is 1. The van der Waals surface area contributed by atoms with Crippen LogP contribution in [0.3, 0.4) is 0 Å². The van der Waals surface area contributed by atoms with Crippen molar-refractivity contribution in [2.45, 2.75) is 31.7 Å². The topological polar surface area (TPSA) is 114 Å². The lowest BCUT2D eigenvalue weighted by atomic mass is 9.85.